The van der Waals surface area contributed by atoms with Crippen molar-refractivity contribution in [3.05, 3.63) is 106 Å². The second-order valence-corrected chi connectivity index (χ2v) is 19.4. The predicted molar refractivity (Wildman–Crippen MR) is 289 cm³/mol. The van der Waals surface area contributed by atoms with Crippen molar-refractivity contribution in [3.63, 3.8) is 0 Å². The zero-order chi connectivity index (χ0) is 59.5. The number of ether oxygens (including phenoxy) is 3. The van der Waals surface area contributed by atoms with Crippen molar-refractivity contribution < 1.29 is 186 Å². The molecule has 4 aromatic carbocycles. The van der Waals surface area contributed by atoms with Gasteiger partial charge in [-0.1, -0.05) is 23.2 Å². The molecule has 2 saturated heterocycles. The number of nitrogens with zero attached hydrogens (tertiary/aromatic N) is 6. The van der Waals surface area contributed by atoms with Crippen LogP contribution in [-0.2, 0) is 32.4 Å². The third kappa shape index (κ3) is 27.0. The third-order valence-corrected chi connectivity index (χ3v) is 11.9. The number of halogens is 8. The van der Waals surface area contributed by atoms with Gasteiger partial charge in [0, 0.05) is 85.0 Å². The molecule has 2 fully saturated rings. The molecular formula is C52H62Cl3F5K2N10O11. The van der Waals surface area contributed by atoms with Gasteiger partial charge in [-0.15, -0.1) is 11.6 Å². The minimum atomic E-state index is -5.19. The Labute approximate surface area is 576 Å². The van der Waals surface area contributed by atoms with E-state index >= 15 is 0 Å². The van der Waals surface area contributed by atoms with Crippen molar-refractivity contribution in [3.8, 4) is 11.5 Å². The van der Waals surface area contributed by atoms with Crippen LogP contribution in [0.15, 0.2) is 73.3 Å². The Bertz CT molecular complexity index is 2980. The number of anilines is 4. The SMILES string of the molecule is CC(C)(C)OC(=O)N1CCNCC1.O=C([O-])C(F)(F)F.O=CO[O-].OCc1cc2ncnc(Nc3ccc(F)c(Cl)c3)c2cc1OCCCCl.OCc1cc2ncnc(Nc3ccc(F)c(Cl)c3)c2cc1OCCCN1CC[NH2+]CC1.[H-].[K+].[K+]. The molecule has 0 spiro atoms. The molecule has 21 nitrogen and oxygen atoms in total. The number of benzene rings is 4. The summed E-state index contributed by atoms with van der Waals surface area (Å²) in [4.78, 5) is 52.8. The van der Waals surface area contributed by atoms with Crippen molar-refractivity contribution in [1.29, 1.82) is 0 Å². The first-order valence-corrected chi connectivity index (χ1v) is 26.2. The van der Waals surface area contributed by atoms with E-state index in [-0.39, 0.29) is 146 Å². The van der Waals surface area contributed by atoms with E-state index in [1.54, 1.807) is 35.2 Å². The maximum atomic E-state index is 13.5. The molecule has 4 heterocycles. The van der Waals surface area contributed by atoms with E-state index in [1.807, 2.05) is 26.8 Å². The Kier molecular flexibility index (Phi) is 35.8. The molecule has 1 amide bonds. The van der Waals surface area contributed by atoms with E-state index < -0.39 is 23.8 Å². The standard InChI is InChI=1S/C22H25ClFN5O2.C18H16Cl2FN3O2.C9H18N2O2.C2HF3O2.CH2O3.2K.H/c23-18-11-16(2-3-19(18)24)28-22-17-12-21(15(13-30)10-20(17)26-14-27-22)31-9-1-6-29-7-4-25-5-8-29;19-4-1-5-26-17-8-13-16(6-11(17)9-25)22-10-23-18(13)24-12-2-3-15(21)14(20)7-12;1-9(2,3)13-8(12)11-6-4-10-5-7-11;3-2(4,5)1(6)7;2-1-4-3;;;/h2-3,10-12,14,25,30H,1,4-9,13H2,(H,26,27,28);2-3,6-8,10,25H,1,4-5,9H2,(H,22,23,24);10H,4-7H2,1-3H3;(H,6,7);1,3H;;;/q;;;;;2*+1;-1/p-1. The molecule has 0 unspecified atom stereocenters. The number of fused-ring (bicyclic) bond motifs is 2. The van der Waals surface area contributed by atoms with E-state index in [2.05, 4.69) is 51.0 Å². The summed E-state index contributed by atoms with van der Waals surface area (Å²) >= 11 is 17.4. The monoisotopic (exact) mass is 1280 g/mol. The number of aliphatic hydroxyl groups is 2. The topological polar surface area (TPSA) is 285 Å². The smallest absolute Gasteiger partial charge is 1.00 e. The number of alkyl halides is 4. The van der Waals surface area contributed by atoms with Crippen LogP contribution in [-0.4, -0.2) is 148 Å². The fraction of sp³-hybridized carbons (Fsp3) is 0.404. The summed E-state index contributed by atoms with van der Waals surface area (Å²) in [6, 6.07) is 15.9. The summed E-state index contributed by atoms with van der Waals surface area (Å²) in [7, 11) is 0. The summed E-state index contributed by atoms with van der Waals surface area (Å²) in [5, 5.41) is 49.9. The van der Waals surface area contributed by atoms with Crippen molar-refractivity contribution in [2.24, 2.45) is 0 Å². The first kappa shape index (κ1) is 75.6. The number of piperazine rings is 2. The van der Waals surface area contributed by atoms with E-state index in [1.165, 1.54) is 36.9 Å². The second-order valence-electron chi connectivity index (χ2n) is 18.2. The number of amides is 1. The van der Waals surface area contributed by atoms with Crippen molar-refractivity contribution in [2.45, 2.75) is 58.6 Å². The van der Waals surface area contributed by atoms with Crippen molar-refractivity contribution in [2.75, 3.05) is 88.6 Å². The van der Waals surface area contributed by atoms with Crippen LogP contribution in [0.4, 0.5) is 49.8 Å². The molecule has 31 heteroatoms. The van der Waals surface area contributed by atoms with Crippen LogP contribution in [0.1, 0.15) is 46.2 Å². The van der Waals surface area contributed by atoms with Crippen LogP contribution in [0, 0.1) is 11.6 Å². The molecule has 0 atom stereocenters. The van der Waals surface area contributed by atoms with Gasteiger partial charge in [0.2, 0.25) is 0 Å². The Balaban J connectivity index is 0.000000598. The molecule has 2 aromatic heterocycles. The van der Waals surface area contributed by atoms with Crippen molar-refractivity contribution >= 4 is 98.2 Å². The average molecular weight is 1280 g/mol. The van der Waals surface area contributed by atoms with E-state index in [0.717, 1.165) is 70.7 Å². The van der Waals surface area contributed by atoms with Gasteiger partial charge in [0.05, 0.1) is 60.6 Å². The summed E-state index contributed by atoms with van der Waals surface area (Å²) in [6.07, 6.45) is -0.949. The van der Waals surface area contributed by atoms with Gasteiger partial charge in [0.1, 0.15) is 59.0 Å². The van der Waals surface area contributed by atoms with Gasteiger partial charge >= 0.3 is 115 Å². The molecule has 0 radical (unpaired) electrons. The van der Waals surface area contributed by atoms with Crippen molar-refractivity contribution in [1.82, 2.24) is 35.1 Å². The van der Waals surface area contributed by atoms with Crippen LogP contribution < -0.4 is 144 Å². The van der Waals surface area contributed by atoms with Gasteiger partial charge in [-0.3, -0.25) is 9.69 Å². The Hall–Kier alpha value is -3.48. The first-order chi connectivity index (χ1) is 38.6. The van der Waals surface area contributed by atoms with Gasteiger partial charge in [-0.05, 0) is 94.3 Å². The number of nitrogens with one attached hydrogen (secondary N) is 3. The third-order valence-electron chi connectivity index (χ3n) is 11.1. The number of rotatable bonds is 16. The number of aliphatic carboxylic acids is 1. The number of carbonyl (C=O) groups is 3. The van der Waals surface area contributed by atoms with Gasteiger partial charge < -0.3 is 72.1 Å². The summed E-state index contributed by atoms with van der Waals surface area (Å²) in [5.41, 5.74) is 3.43. The van der Waals surface area contributed by atoms with E-state index in [0.29, 0.717) is 87.6 Å². The zero-order valence-electron chi connectivity index (χ0n) is 47.2. The molecule has 8 rings (SSSR count). The van der Waals surface area contributed by atoms with E-state index in [9.17, 15) is 37.0 Å². The molecule has 0 aliphatic carbocycles. The minimum Gasteiger partial charge on any atom is -1.00 e. The fourth-order valence-electron chi connectivity index (χ4n) is 7.30. The number of quaternary nitrogens is 1. The van der Waals surface area contributed by atoms with Gasteiger partial charge in [0.15, 0.2) is 0 Å². The normalized spacial score (nSPS) is 13.0. The molecule has 2 aliphatic heterocycles. The van der Waals surface area contributed by atoms with Crippen LogP contribution in [0.3, 0.4) is 0 Å². The fourth-order valence-corrected chi connectivity index (χ4v) is 7.77. The molecule has 6 aromatic rings. The van der Waals surface area contributed by atoms with Crippen LogP contribution in [0.25, 0.3) is 21.8 Å². The number of hydrogen-bond acceptors (Lipinski definition) is 19. The maximum absolute atomic E-state index is 13.5. The van der Waals surface area contributed by atoms with E-state index in [4.69, 9.17) is 69.0 Å². The molecule has 7 N–H and O–H groups in total. The quantitative estimate of drug-likeness (QED) is 0.0137. The Morgan fingerprint density at radius 1 is 0.771 bits per heavy atom. The second kappa shape index (κ2) is 39.3. The predicted octanol–water partition coefficient (Wildman–Crippen LogP) is -0.347. The molecule has 2 aliphatic rings. The average Bonchev–Trinajstić information content (AvgIpc) is 2.22. The largest absolute Gasteiger partial charge is 1.00 e. The number of carboxylic acids is 1. The van der Waals surface area contributed by atoms with Crippen LogP contribution in [0.2, 0.25) is 10.0 Å². The number of aliphatic hydroxyl groups excluding tert-OH is 2. The zero-order valence-corrected chi connectivity index (χ0v) is 54.7. The molecule has 0 saturated carbocycles. The summed E-state index contributed by atoms with van der Waals surface area (Å²) < 4.78 is 75.3. The molecule has 444 valence electrons. The van der Waals surface area contributed by atoms with Gasteiger partial charge in [0.25, 0.3) is 6.47 Å². The first-order valence-electron chi connectivity index (χ1n) is 24.9. The molecule has 83 heavy (non-hydrogen) atoms. The minimum absolute atomic E-state index is 0. The Morgan fingerprint density at radius 3 is 1.60 bits per heavy atom. The van der Waals surface area contributed by atoms with Gasteiger partial charge in [-0.25, -0.2) is 33.5 Å². The van der Waals surface area contributed by atoms with Crippen LogP contribution in [0.5, 0.6) is 11.5 Å². The van der Waals surface area contributed by atoms with Gasteiger partial charge in [-0.2, -0.15) is 13.2 Å². The number of nitrogens with two attached hydrogens (primary N) is 1. The summed E-state index contributed by atoms with van der Waals surface area (Å²) in [5.74, 6) is -1.28. The number of carboxylic acid groups (broad SMARTS) is 1. The number of hydrogen-bond donors (Lipinski definition) is 6. The number of aromatic nitrogens is 4. The molecular weight excluding hydrogens is 1220 g/mol. The maximum Gasteiger partial charge on any atom is 1.00 e. The molecule has 0 bridgehead atoms. The summed E-state index contributed by atoms with van der Waals surface area (Å²) in [6.45, 7) is 14.9. The number of carbonyl (C=O) groups excluding carboxylic acids is 3. The Morgan fingerprint density at radius 2 is 1.22 bits per heavy atom. The van der Waals surface area contributed by atoms with Crippen LogP contribution >= 0.6 is 34.8 Å².